The minimum absolute atomic E-state index is 0.345. The summed E-state index contributed by atoms with van der Waals surface area (Å²) in [5.41, 5.74) is 6.96. The molecule has 0 aliphatic carbocycles. The number of benzene rings is 1. The van der Waals surface area contributed by atoms with Crippen molar-refractivity contribution in [2.45, 2.75) is 33.2 Å². The van der Waals surface area contributed by atoms with Crippen molar-refractivity contribution in [3.63, 3.8) is 0 Å². The summed E-state index contributed by atoms with van der Waals surface area (Å²) in [7, 11) is 0. The highest BCUT2D eigenvalue weighted by Crippen LogP contribution is 2.40. The Balaban J connectivity index is 1.74. The number of hydrogen-bond acceptors (Lipinski definition) is 5. The molecule has 0 unspecified atom stereocenters. The SMILES string of the molecule is CC(=O)Oc1ccc2c(-c3c(-c4cccc(C)n4)nn4c3CCC4)ccnc2c1. The second kappa shape index (κ2) is 6.81. The second-order valence-corrected chi connectivity index (χ2v) is 7.29. The lowest BCUT2D eigenvalue weighted by atomic mass is 9.96. The van der Waals surface area contributed by atoms with Gasteiger partial charge < -0.3 is 4.74 Å². The fourth-order valence-corrected chi connectivity index (χ4v) is 4.04. The molecule has 0 saturated carbocycles. The summed E-state index contributed by atoms with van der Waals surface area (Å²) in [5, 5.41) is 5.91. The van der Waals surface area contributed by atoms with E-state index in [9.17, 15) is 4.79 Å². The largest absolute Gasteiger partial charge is 0.427 e. The zero-order valence-electron chi connectivity index (χ0n) is 16.3. The first-order valence-electron chi connectivity index (χ1n) is 9.71. The first-order chi connectivity index (χ1) is 14.1. The predicted octanol–water partition coefficient (Wildman–Crippen LogP) is 4.34. The molecule has 1 aliphatic heterocycles. The average molecular weight is 384 g/mol. The minimum Gasteiger partial charge on any atom is -0.427 e. The van der Waals surface area contributed by atoms with Crippen LogP contribution < -0.4 is 4.74 Å². The molecule has 6 heteroatoms. The molecule has 3 aromatic heterocycles. The fraction of sp³-hybridized carbons (Fsp3) is 0.217. The number of fused-ring (bicyclic) bond motifs is 2. The highest BCUT2D eigenvalue weighted by atomic mass is 16.5. The van der Waals surface area contributed by atoms with Crippen LogP contribution in [0.15, 0.2) is 48.7 Å². The van der Waals surface area contributed by atoms with Crippen molar-refractivity contribution >= 4 is 16.9 Å². The maximum Gasteiger partial charge on any atom is 0.308 e. The third-order valence-electron chi connectivity index (χ3n) is 5.22. The Morgan fingerprint density at radius 1 is 1.17 bits per heavy atom. The standard InChI is InChI=1S/C23H20N4O2/c1-14-5-3-6-19(25-14)23-22(21-7-4-12-27(21)26-23)18-10-11-24-20-13-16(29-15(2)28)8-9-17(18)20/h3,5-6,8-11,13H,4,7,12H2,1-2H3. The lowest BCUT2D eigenvalue weighted by Gasteiger charge is -2.10. The van der Waals surface area contributed by atoms with E-state index < -0.39 is 0 Å². The number of carbonyl (C=O) groups is 1. The Bertz CT molecular complexity index is 1260. The Morgan fingerprint density at radius 3 is 2.90 bits per heavy atom. The van der Waals surface area contributed by atoms with Gasteiger partial charge in [0.05, 0.1) is 11.2 Å². The molecule has 1 aromatic carbocycles. The molecule has 0 atom stereocenters. The highest BCUT2D eigenvalue weighted by molar-refractivity contribution is 5.99. The van der Waals surface area contributed by atoms with Crippen LogP contribution >= 0.6 is 0 Å². The van der Waals surface area contributed by atoms with Gasteiger partial charge >= 0.3 is 5.97 Å². The lowest BCUT2D eigenvalue weighted by molar-refractivity contribution is -0.131. The number of pyridine rings is 2. The highest BCUT2D eigenvalue weighted by Gasteiger charge is 2.25. The van der Waals surface area contributed by atoms with E-state index in [1.807, 2.05) is 43.3 Å². The number of ether oxygens (including phenoxy) is 1. The van der Waals surface area contributed by atoms with E-state index in [1.165, 1.54) is 12.6 Å². The topological polar surface area (TPSA) is 69.9 Å². The van der Waals surface area contributed by atoms with E-state index in [1.54, 1.807) is 12.3 Å². The zero-order valence-corrected chi connectivity index (χ0v) is 16.3. The van der Waals surface area contributed by atoms with Crippen LogP contribution in [-0.4, -0.2) is 25.7 Å². The van der Waals surface area contributed by atoms with Crippen LogP contribution in [0.25, 0.3) is 33.4 Å². The molecule has 0 fully saturated rings. The number of rotatable bonds is 3. The molecule has 144 valence electrons. The van der Waals surface area contributed by atoms with Crippen molar-refractivity contribution in [1.82, 2.24) is 19.7 Å². The predicted molar refractivity (Wildman–Crippen MR) is 111 cm³/mol. The summed E-state index contributed by atoms with van der Waals surface area (Å²) in [4.78, 5) is 20.5. The van der Waals surface area contributed by atoms with E-state index >= 15 is 0 Å². The molecule has 0 amide bonds. The normalized spacial score (nSPS) is 12.9. The Kier molecular flexibility index (Phi) is 4.12. The number of carbonyl (C=O) groups excluding carboxylic acids is 1. The van der Waals surface area contributed by atoms with Crippen LogP contribution in [0.5, 0.6) is 5.75 Å². The van der Waals surface area contributed by atoms with Crippen LogP contribution in [0, 0.1) is 6.92 Å². The molecule has 0 N–H and O–H groups in total. The minimum atomic E-state index is -0.345. The van der Waals surface area contributed by atoms with Gasteiger partial charge in [-0.3, -0.25) is 19.4 Å². The summed E-state index contributed by atoms with van der Waals surface area (Å²) in [5.74, 6) is 0.151. The monoisotopic (exact) mass is 384 g/mol. The maximum absolute atomic E-state index is 11.3. The summed E-state index contributed by atoms with van der Waals surface area (Å²) in [6.07, 6.45) is 3.88. The van der Waals surface area contributed by atoms with E-state index in [4.69, 9.17) is 14.8 Å². The fourth-order valence-electron chi connectivity index (χ4n) is 4.04. The number of hydrogen-bond donors (Lipinski definition) is 0. The van der Waals surface area contributed by atoms with Gasteiger partial charge in [-0.15, -0.1) is 0 Å². The second-order valence-electron chi connectivity index (χ2n) is 7.29. The first kappa shape index (κ1) is 17.6. The van der Waals surface area contributed by atoms with Gasteiger partial charge in [0, 0.05) is 48.1 Å². The van der Waals surface area contributed by atoms with Gasteiger partial charge in [0.25, 0.3) is 0 Å². The van der Waals surface area contributed by atoms with Gasteiger partial charge in [-0.25, -0.2) is 0 Å². The summed E-state index contributed by atoms with van der Waals surface area (Å²) in [6, 6.07) is 13.6. The molecular weight excluding hydrogens is 364 g/mol. The summed E-state index contributed by atoms with van der Waals surface area (Å²) in [6.45, 7) is 4.31. The van der Waals surface area contributed by atoms with Crippen LogP contribution in [0.1, 0.15) is 24.7 Å². The van der Waals surface area contributed by atoms with Gasteiger partial charge in [-0.05, 0) is 55.7 Å². The molecule has 5 rings (SSSR count). The molecule has 4 aromatic rings. The molecule has 0 bridgehead atoms. The molecule has 0 radical (unpaired) electrons. The van der Waals surface area contributed by atoms with Crippen molar-refractivity contribution in [3.05, 3.63) is 60.0 Å². The Labute approximate surface area is 168 Å². The van der Waals surface area contributed by atoms with Gasteiger partial charge in [0.2, 0.25) is 0 Å². The number of aryl methyl sites for hydroxylation is 2. The number of nitrogens with zero attached hydrogens (tertiary/aromatic N) is 4. The molecule has 0 saturated heterocycles. The van der Waals surface area contributed by atoms with Gasteiger partial charge in [0.1, 0.15) is 11.4 Å². The molecule has 0 spiro atoms. The number of esters is 1. The van der Waals surface area contributed by atoms with Gasteiger partial charge in [-0.1, -0.05) is 6.07 Å². The van der Waals surface area contributed by atoms with Crippen molar-refractivity contribution < 1.29 is 9.53 Å². The van der Waals surface area contributed by atoms with E-state index in [2.05, 4.69) is 9.67 Å². The first-order valence-corrected chi connectivity index (χ1v) is 9.71. The van der Waals surface area contributed by atoms with Crippen molar-refractivity contribution in [2.24, 2.45) is 0 Å². The molecular formula is C23H20N4O2. The Hall–Kier alpha value is -3.54. The molecule has 6 nitrogen and oxygen atoms in total. The third kappa shape index (κ3) is 3.06. The smallest absolute Gasteiger partial charge is 0.308 e. The van der Waals surface area contributed by atoms with Crippen LogP contribution in [-0.2, 0) is 17.8 Å². The lowest BCUT2D eigenvalue weighted by Crippen LogP contribution is -2.01. The molecule has 4 heterocycles. The van der Waals surface area contributed by atoms with Crippen molar-refractivity contribution in [1.29, 1.82) is 0 Å². The average Bonchev–Trinajstić information content (AvgIpc) is 3.28. The Morgan fingerprint density at radius 2 is 2.07 bits per heavy atom. The van der Waals surface area contributed by atoms with Crippen LogP contribution in [0.2, 0.25) is 0 Å². The van der Waals surface area contributed by atoms with Crippen molar-refractivity contribution in [3.8, 4) is 28.3 Å². The van der Waals surface area contributed by atoms with E-state index in [0.717, 1.165) is 58.5 Å². The molecule has 1 aliphatic rings. The summed E-state index contributed by atoms with van der Waals surface area (Å²) < 4.78 is 7.33. The molecule has 29 heavy (non-hydrogen) atoms. The van der Waals surface area contributed by atoms with E-state index in [-0.39, 0.29) is 5.97 Å². The van der Waals surface area contributed by atoms with Gasteiger partial charge in [0.15, 0.2) is 0 Å². The third-order valence-corrected chi connectivity index (χ3v) is 5.22. The van der Waals surface area contributed by atoms with E-state index in [0.29, 0.717) is 5.75 Å². The van der Waals surface area contributed by atoms with Crippen LogP contribution in [0.4, 0.5) is 0 Å². The maximum atomic E-state index is 11.3. The summed E-state index contributed by atoms with van der Waals surface area (Å²) >= 11 is 0. The van der Waals surface area contributed by atoms with Gasteiger partial charge in [-0.2, -0.15) is 5.10 Å². The quantitative estimate of drug-likeness (QED) is 0.388. The number of aromatic nitrogens is 4. The van der Waals surface area contributed by atoms with Crippen molar-refractivity contribution in [2.75, 3.05) is 0 Å². The van der Waals surface area contributed by atoms with Crippen LogP contribution in [0.3, 0.4) is 0 Å². The zero-order chi connectivity index (χ0) is 20.0.